The van der Waals surface area contributed by atoms with Gasteiger partial charge in [-0.05, 0) is 24.5 Å². The van der Waals surface area contributed by atoms with Crippen molar-refractivity contribution < 1.29 is 23.8 Å². The number of aromatic nitrogens is 2. The Balaban J connectivity index is 1.83. The van der Waals surface area contributed by atoms with Gasteiger partial charge in [-0.3, -0.25) is 15.0 Å². The Hall–Kier alpha value is -3.55. The molecular weight excluding hydrogens is 402 g/mol. The normalized spacial score (nSPS) is 12.6. The van der Waals surface area contributed by atoms with E-state index in [1.54, 1.807) is 14.2 Å². The standard InChI is InChI=1S/C21H23N5O5/c1-29-6-7-31-18-9-19(23-11-16(18)10-22)25-21(28)26-5-3-4-14-8-15(13-30-2)17(12-27)24-20(14)26/h8-9,11-12H,3-7,13H2,1-2H3,(H,23,25,28). The number of pyridine rings is 2. The van der Waals surface area contributed by atoms with E-state index in [2.05, 4.69) is 15.3 Å². The zero-order valence-corrected chi connectivity index (χ0v) is 17.4. The van der Waals surface area contributed by atoms with Crippen LogP contribution in [-0.2, 0) is 22.5 Å². The number of carbonyl (C=O) groups is 2. The molecule has 2 aromatic rings. The maximum absolute atomic E-state index is 13.0. The number of rotatable bonds is 8. The molecule has 0 spiro atoms. The number of hydrogen-bond acceptors (Lipinski definition) is 8. The Morgan fingerprint density at radius 1 is 1.32 bits per heavy atom. The van der Waals surface area contributed by atoms with E-state index in [1.165, 1.54) is 17.2 Å². The molecule has 1 N–H and O–H groups in total. The number of urea groups is 1. The van der Waals surface area contributed by atoms with E-state index < -0.39 is 6.03 Å². The molecular formula is C21H23N5O5. The van der Waals surface area contributed by atoms with Crippen molar-refractivity contribution in [3.8, 4) is 11.8 Å². The molecule has 0 aromatic carbocycles. The van der Waals surface area contributed by atoms with Crippen LogP contribution in [0.5, 0.6) is 5.75 Å². The lowest BCUT2D eigenvalue weighted by molar-refractivity contribution is 0.111. The van der Waals surface area contributed by atoms with Crippen LogP contribution in [0, 0.1) is 11.3 Å². The minimum Gasteiger partial charge on any atom is -0.490 e. The summed E-state index contributed by atoms with van der Waals surface area (Å²) in [5, 5.41) is 11.9. The van der Waals surface area contributed by atoms with Gasteiger partial charge in [-0.15, -0.1) is 0 Å². The highest BCUT2D eigenvalue weighted by Gasteiger charge is 2.26. The predicted molar refractivity (Wildman–Crippen MR) is 111 cm³/mol. The van der Waals surface area contributed by atoms with Gasteiger partial charge in [0.15, 0.2) is 6.29 Å². The first-order valence-electron chi connectivity index (χ1n) is 9.68. The lowest BCUT2D eigenvalue weighted by Gasteiger charge is -2.29. The molecule has 1 aliphatic heterocycles. The average molecular weight is 425 g/mol. The van der Waals surface area contributed by atoms with Crippen LogP contribution in [0.2, 0.25) is 0 Å². The fourth-order valence-electron chi connectivity index (χ4n) is 3.25. The molecule has 10 nitrogen and oxygen atoms in total. The summed E-state index contributed by atoms with van der Waals surface area (Å²) in [5.41, 5.74) is 2.05. The maximum atomic E-state index is 13.0. The number of nitriles is 1. The van der Waals surface area contributed by atoms with Gasteiger partial charge in [-0.25, -0.2) is 14.8 Å². The first kappa shape index (κ1) is 22.1. The molecule has 1 aliphatic rings. The first-order valence-corrected chi connectivity index (χ1v) is 9.68. The van der Waals surface area contributed by atoms with Crippen molar-refractivity contribution in [2.75, 3.05) is 44.2 Å². The summed E-state index contributed by atoms with van der Waals surface area (Å²) in [6.07, 6.45) is 3.49. The van der Waals surface area contributed by atoms with Crippen molar-refractivity contribution in [3.05, 3.63) is 40.7 Å². The highest BCUT2D eigenvalue weighted by Crippen LogP contribution is 2.28. The topological polar surface area (TPSA) is 127 Å². The van der Waals surface area contributed by atoms with E-state index in [-0.39, 0.29) is 30.3 Å². The van der Waals surface area contributed by atoms with E-state index in [0.29, 0.717) is 36.6 Å². The minimum atomic E-state index is -0.440. The Morgan fingerprint density at radius 2 is 2.16 bits per heavy atom. The largest absolute Gasteiger partial charge is 0.490 e. The third-order valence-corrected chi connectivity index (χ3v) is 4.70. The zero-order valence-electron chi connectivity index (χ0n) is 17.4. The highest BCUT2D eigenvalue weighted by molar-refractivity contribution is 6.01. The molecule has 3 rings (SSSR count). The minimum absolute atomic E-state index is 0.232. The van der Waals surface area contributed by atoms with Crippen LogP contribution in [0.4, 0.5) is 16.4 Å². The number of amides is 2. The van der Waals surface area contributed by atoms with Gasteiger partial charge in [-0.2, -0.15) is 5.26 Å². The first-order chi connectivity index (χ1) is 15.1. The zero-order chi connectivity index (χ0) is 22.2. The molecule has 2 aromatic heterocycles. The van der Waals surface area contributed by atoms with Crippen LogP contribution in [0.3, 0.4) is 0 Å². The summed E-state index contributed by atoms with van der Waals surface area (Å²) in [5.74, 6) is 0.973. The third-order valence-electron chi connectivity index (χ3n) is 4.70. The van der Waals surface area contributed by atoms with Crippen molar-refractivity contribution in [1.82, 2.24) is 9.97 Å². The van der Waals surface area contributed by atoms with Gasteiger partial charge < -0.3 is 14.2 Å². The van der Waals surface area contributed by atoms with Gasteiger partial charge in [0, 0.05) is 32.4 Å². The summed E-state index contributed by atoms with van der Waals surface area (Å²) in [4.78, 5) is 34.4. The van der Waals surface area contributed by atoms with Crippen LogP contribution >= 0.6 is 0 Å². The summed E-state index contributed by atoms with van der Waals surface area (Å²) in [6, 6.07) is 4.91. The van der Waals surface area contributed by atoms with E-state index >= 15 is 0 Å². The van der Waals surface area contributed by atoms with Crippen LogP contribution in [0.25, 0.3) is 0 Å². The van der Waals surface area contributed by atoms with Crippen LogP contribution in [0.1, 0.15) is 33.6 Å². The number of anilines is 2. The second-order valence-corrected chi connectivity index (χ2v) is 6.77. The Bertz CT molecular complexity index is 1000. The number of hydrogen-bond donors (Lipinski definition) is 1. The highest BCUT2D eigenvalue weighted by atomic mass is 16.5. The number of aryl methyl sites for hydroxylation is 1. The van der Waals surface area contributed by atoms with E-state index in [9.17, 15) is 14.9 Å². The Kier molecular flexibility index (Phi) is 7.48. The molecule has 162 valence electrons. The summed E-state index contributed by atoms with van der Waals surface area (Å²) in [7, 11) is 3.09. The van der Waals surface area contributed by atoms with Gasteiger partial charge in [0.2, 0.25) is 0 Å². The summed E-state index contributed by atoms with van der Waals surface area (Å²) in [6.45, 7) is 1.32. The molecule has 0 saturated heterocycles. The van der Waals surface area contributed by atoms with Crippen molar-refractivity contribution in [2.24, 2.45) is 0 Å². The predicted octanol–water partition coefficient (Wildman–Crippen LogP) is 2.32. The van der Waals surface area contributed by atoms with Crippen molar-refractivity contribution >= 4 is 24.0 Å². The lowest BCUT2D eigenvalue weighted by atomic mass is 10.0. The monoisotopic (exact) mass is 425 g/mol. The number of carbonyl (C=O) groups excluding carboxylic acids is 2. The number of ether oxygens (including phenoxy) is 3. The fourth-order valence-corrected chi connectivity index (χ4v) is 3.25. The van der Waals surface area contributed by atoms with Crippen LogP contribution < -0.4 is 15.0 Å². The molecule has 0 saturated carbocycles. The fraction of sp³-hybridized carbons (Fsp3) is 0.381. The number of aldehydes is 1. The smallest absolute Gasteiger partial charge is 0.328 e. The number of nitrogens with one attached hydrogen (secondary N) is 1. The molecule has 0 fully saturated rings. The quantitative estimate of drug-likeness (QED) is 0.504. The molecule has 3 heterocycles. The molecule has 0 bridgehead atoms. The molecule has 2 amide bonds. The van der Waals surface area contributed by atoms with E-state index in [1.807, 2.05) is 12.1 Å². The van der Waals surface area contributed by atoms with Gasteiger partial charge in [0.25, 0.3) is 0 Å². The van der Waals surface area contributed by atoms with Crippen molar-refractivity contribution in [2.45, 2.75) is 19.4 Å². The number of fused-ring (bicyclic) bond motifs is 1. The van der Waals surface area contributed by atoms with Crippen LogP contribution in [-0.4, -0.2) is 56.3 Å². The molecule has 0 unspecified atom stereocenters. The summed E-state index contributed by atoms with van der Waals surface area (Å²) >= 11 is 0. The second-order valence-electron chi connectivity index (χ2n) is 6.77. The molecule has 0 atom stereocenters. The van der Waals surface area contributed by atoms with Crippen LogP contribution in [0.15, 0.2) is 18.3 Å². The SMILES string of the molecule is COCCOc1cc(NC(=O)N2CCCc3cc(COC)c(C=O)nc32)ncc1C#N. The number of methoxy groups -OCH3 is 2. The van der Waals surface area contributed by atoms with Crippen molar-refractivity contribution in [3.63, 3.8) is 0 Å². The van der Waals surface area contributed by atoms with Gasteiger partial charge >= 0.3 is 6.03 Å². The molecule has 10 heteroatoms. The summed E-state index contributed by atoms with van der Waals surface area (Å²) < 4.78 is 15.6. The Morgan fingerprint density at radius 3 is 2.87 bits per heavy atom. The number of nitrogens with zero attached hydrogens (tertiary/aromatic N) is 4. The van der Waals surface area contributed by atoms with Gasteiger partial charge in [-0.1, -0.05) is 0 Å². The van der Waals surface area contributed by atoms with Crippen molar-refractivity contribution in [1.29, 1.82) is 5.26 Å². The van der Waals surface area contributed by atoms with E-state index in [4.69, 9.17) is 14.2 Å². The molecule has 31 heavy (non-hydrogen) atoms. The molecule has 0 aliphatic carbocycles. The second kappa shape index (κ2) is 10.5. The Labute approximate surface area is 179 Å². The lowest BCUT2D eigenvalue weighted by Crippen LogP contribution is -2.39. The average Bonchev–Trinajstić information content (AvgIpc) is 2.78. The molecule has 0 radical (unpaired) electrons. The van der Waals surface area contributed by atoms with E-state index in [0.717, 1.165) is 18.4 Å². The van der Waals surface area contributed by atoms with Gasteiger partial charge in [0.1, 0.15) is 41.3 Å². The van der Waals surface area contributed by atoms with Gasteiger partial charge in [0.05, 0.1) is 19.4 Å². The maximum Gasteiger partial charge on any atom is 0.328 e. The third kappa shape index (κ3) is 5.14.